The second kappa shape index (κ2) is 8.06. The van der Waals surface area contributed by atoms with Gasteiger partial charge in [-0.05, 0) is 0 Å². The summed E-state index contributed by atoms with van der Waals surface area (Å²) in [5, 5.41) is 0. The van der Waals surface area contributed by atoms with Crippen molar-refractivity contribution in [1.82, 2.24) is 0 Å². The van der Waals surface area contributed by atoms with Crippen molar-refractivity contribution in [3.8, 4) is 11.5 Å². The maximum atomic E-state index is 5.64. The fourth-order valence-electron chi connectivity index (χ4n) is 2.31. The maximum Gasteiger partial charge on any atom is -0.147 e. The molecule has 0 N–H and O–H groups in total. The van der Waals surface area contributed by atoms with Crippen molar-refractivity contribution >= 4 is 24.8 Å². The summed E-state index contributed by atoms with van der Waals surface area (Å²) < 4.78 is 11.2. The van der Waals surface area contributed by atoms with Crippen LogP contribution in [0.15, 0.2) is 12.1 Å². The van der Waals surface area contributed by atoms with Gasteiger partial charge in [0.25, 0.3) is 0 Å². The summed E-state index contributed by atoms with van der Waals surface area (Å²) in [5.74, 6) is 1.93. The molecular formula is C15H25Cl2O2Zr. The van der Waals surface area contributed by atoms with Gasteiger partial charge in [0.15, 0.2) is 0 Å². The average molecular weight is 399 g/mol. The fourth-order valence-corrected chi connectivity index (χ4v) is 2.73. The summed E-state index contributed by atoms with van der Waals surface area (Å²) in [4.78, 5) is 0. The Morgan fingerprint density at radius 1 is 0.800 bits per heavy atom. The van der Waals surface area contributed by atoms with E-state index in [9.17, 15) is 0 Å². The normalized spacial score (nSPS) is 11.1. The molecule has 20 heavy (non-hydrogen) atoms. The minimum absolute atomic E-state index is 0. The van der Waals surface area contributed by atoms with Crippen molar-refractivity contribution in [2.45, 2.75) is 52.4 Å². The van der Waals surface area contributed by atoms with E-state index in [1.807, 2.05) is 12.1 Å². The van der Waals surface area contributed by atoms with Crippen molar-refractivity contribution in [2.75, 3.05) is 7.11 Å². The third-order valence-electron chi connectivity index (χ3n) is 2.96. The molecule has 5 heteroatoms. The molecule has 0 aliphatic heterocycles. The van der Waals surface area contributed by atoms with E-state index in [-0.39, 0.29) is 35.6 Å². The molecule has 1 aromatic rings. The molecule has 0 saturated carbocycles. The van der Waals surface area contributed by atoms with Crippen LogP contribution in [0.25, 0.3) is 0 Å². The Hall–Kier alpha value is 0.283. The van der Waals surface area contributed by atoms with Gasteiger partial charge in [0.05, 0.1) is 0 Å². The van der Waals surface area contributed by atoms with Crippen LogP contribution in [0.3, 0.4) is 0 Å². The van der Waals surface area contributed by atoms with Gasteiger partial charge < -0.3 is 0 Å². The standard InChI is InChI=1S/C15H24O2.2ClH.Zr/c1-14(2,3)12-10(16)8-9-11(17-7)13(12)15(4,5)6;;;/h8-9,16H,1-7H3;2*1H;/q;;;+1/p-1. The number of ether oxygens (including phenoxy) is 1. The van der Waals surface area contributed by atoms with E-state index in [0.717, 1.165) is 36.7 Å². The van der Waals surface area contributed by atoms with Crippen LogP contribution in [0.2, 0.25) is 0 Å². The Labute approximate surface area is 151 Å². The summed E-state index contributed by atoms with van der Waals surface area (Å²) in [7, 11) is 1.73. The first-order chi connectivity index (χ1) is 8.12. The van der Waals surface area contributed by atoms with Gasteiger partial charge in [0, 0.05) is 0 Å². The molecule has 115 valence electrons. The van der Waals surface area contributed by atoms with Crippen molar-refractivity contribution < 1.29 is 32.7 Å². The second-order valence-corrected chi connectivity index (χ2v) is 7.12. The first-order valence-corrected chi connectivity index (χ1v) is 7.18. The second-order valence-electron chi connectivity index (χ2n) is 6.62. The molecule has 1 aromatic carbocycles. The van der Waals surface area contributed by atoms with Crippen LogP contribution in [-0.2, 0) is 36.0 Å². The van der Waals surface area contributed by atoms with Crippen LogP contribution >= 0.6 is 24.8 Å². The Morgan fingerprint density at radius 3 is 1.45 bits per heavy atom. The molecule has 0 atom stereocenters. The van der Waals surface area contributed by atoms with Crippen molar-refractivity contribution in [3.05, 3.63) is 23.3 Å². The molecule has 0 spiro atoms. The van der Waals surface area contributed by atoms with Gasteiger partial charge in [-0.1, -0.05) is 0 Å². The van der Waals surface area contributed by atoms with E-state index in [2.05, 4.69) is 41.5 Å². The topological polar surface area (TPSA) is 18.5 Å². The smallest absolute Gasteiger partial charge is 0.147 e. The number of hydrogen-bond donors (Lipinski definition) is 0. The van der Waals surface area contributed by atoms with Crippen LogP contribution in [0.1, 0.15) is 52.7 Å². The zero-order valence-corrected chi connectivity index (χ0v) is 17.4. The molecular weight excluding hydrogens is 374 g/mol. The van der Waals surface area contributed by atoms with Gasteiger partial charge in [-0.2, -0.15) is 0 Å². The van der Waals surface area contributed by atoms with Gasteiger partial charge in [-0.3, -0.25) is 0 Å². The Balaban J connectivity index is 0. The summed E-state index contributed by atoms with van der Waals surface area (Å²) in [6, 6.07) is 4.03. The number of benzene rings is 1. The first kappa shape index (κ1) is 22.6. The van der Waals surface area contributed by atoms with Gasteiger partial charge in [-0.25, -0.2) is 0 Å². The van der Waals surface area contributed by atoms with Crippen molar-refractivity contribution in [3.63, 3.8) is 0 Å². The Morgan fingerprint density at radius 2 is 1.15 bits per heavy atom. The van der Waals surface area contributed by atoms with Gasteiger partial charge in [0.1, 0.15) is 0 Å². The largest absolute Gasteiger partial charge is 0.147 e. The summed E-state index contributed by atoms with van der Waals surface area (Å²) >= 11 is 1.06. The van der Waals surface area contributed by atoms with E-state index in [0.29, 0.717) is 0 Å². The van der Waals surface area contributed by atoms with Gasteiger partial charge in [0.2, 0.25) is 0 Å². The number of rotatable bonds is 2. The molecule has 0 fully saturated rings. The summed E-state index contributed by atoms with van der Waals surface area (Å²) in [6.45, 7) is 13.3. The minimum atomic E-state index is 0. The summed E-state index contributed by atoms with van der Waals surface area (Å²) in [5.41, 5.74) is 2.56. The van der Waals surface area contributed by atoms with E-state index >= 15 is 0 Å². The number of hydrogen-bond acceptors (Lipinski definition) is 2. The van der Waals surface area contributed by atoms with Crippen LogP contribution in [0, 0.1) is 0 Å². The minimum Gasteiger partial charge on any atom is -0.147 e. The molecule has 0 radical (unpaired) electrons. The molecule has 0 bridgehead atoms. The zero-order chi connectivity index (χ0) is 14.1. The van der Waals surface area contributed by atoms with E-state index in [1.54, 1.807) is 7.11 Å². The van der Waals surface area contributed by atoms with Gasteiger partial charge >= 0.3 is 127 Å². The summed E-state index contributed by atoms with van der Waals surface area (Å²) in [6.07, 6.45) is 0. The Kier molecular flexibility index (Phi) is 9.09. The zero-order valence-electron chi connectivity index (χ0n) is 13.3. The van der Waals surface area contributed by atoms with Crippen LogP contribution in [0.5, 0.6) is 11.5 Å². The fraction of sp³-hybridized carbons (Fsp3) is 0.600. The molecule has 0 unspecified atom stereocenters. The van der Waals surface area contributed by atoms with E-state index in [1.165, 1.54) is 11.1 Å². The number of halogens is 2. The maximum absolute atomic E-state index is 5.64. The van der Waals surface area contributed by atoms with E-state index in [4.69, 9.17) is 7.55 Å². The van der Waals surface area contributed by atoms with Gasteiger partial charge in [-0.15, -0.1) is 24.8 Å². The molecule has 0 heterocycles. The molecule has 0 saturated heterocycles. The van der Waals surface area contributed by atoms with Crippen LogP contribution in [-0.4, -0.2) is 7.11 Å². The first-order valence-electron chi connectivity index (χ1n) is 6.18. The molecule has 0 amide bonds. The number of methoxy groups -OCH3 is 1. The molecule has 0 aromatic heterocycles. The quantitative estimate of drug-likeness (QED) is 0.699. The predicted octanol–water partition coefficient (Wildman–Crippen LogP) is 4.97. The Bertz CT molecular complexity index is 394. The monoisotopic (exact) mass is 397 g/mol. The molecule has 0 aliphatic rings. The molecule has 0 aliphatic carbocycles. The molecule has 2 nitrogen and oxygen atoms in total. The van der Waals surface area contributed by atoms with E-state index < -0.39 is 0 Å². The third kappa shape index (κ3) is 4.93. The van der Waals surface area contributed by atoms with Crippen molar-refractivity contribution in [2.24, 2.45) is 0 Å². The average Bonchev–Trinajstić information content (AvgIpc) is 2.24. The predicted molar refractivity (Wildman–Crippen MR) is 85.5 cm³/mol. The van der Waals surface area contributed by atoms with Crippen molar-refractivity contribution in [1.29, 1.82) is 0 Å². The van der Waals surface area contributed by atoms with Crippen LogP contribution < -0.4 is 7.55 Å². The third-order valence-corrected chi connectivity index (χ3v) is 3.50. The van der Waals surface area contributed by atoms with Crippen LogP contribution in [0.4, 0.5) is 0 Å². The SMILES string of the molecule is COc1ccc([O][Zr])c(C(C)(C)C)c1C(C)(C)C.Cl.Cl. The molecule has 1 rings (SSSR count).